The number of hydrogen-bond donors (Lipinski definition) is 0. The Kier molecular flexibility index (Phi) is 3.49. The average Bonchev–Trinajstić information content (AvgIpc) is 2.82. The Morgan fingerprint density at radius 1 is 0.800 bits per heavy atom. The van der Waals surface area contributed by atoms with E-state index < -0.39 is 0 Å². The number of thioether (sulfide) groups is 1. The van der Waals surface area contributed by atoms with E-state index in [1.165, 1.54) is 32.9 Å². The fourth-order valence-electron chi connectivity index (χ4n) is 2.81. The molecule has 0 amide bonds. The molecule has 2 aromatic carbocycles. The van der Waals surface area contributed by atoms with Crippen LogP contribution in [0.15, 0.2) is 54.6 Å². The number of hydrogen-bond acceptors (Lipinski definition) is 1. The summed E-state index contributed by atoms with van der Waals surface area (Å²) >= 11 is 1.83. The third kappa shape index (κ3) is 2.01. The molecule has 1 nitrogen and oxygen atoms in total. The molecule has 0 bridgehead atoms. The Morgan fingerprint density at radius 2 is 1.40 bits per heavy atom. The molecule has 3 rings (SSSR count). The van der Waals surface area contributed by atoms with E-state index >= 15 is 0 Å². The highest BCUT2D eigenvalue weighted by molar-refractivity contribution is 8.08. The van der Waals surface area contributed by atoms with E-state index in [2.05, 4.69) is 79.5 Å². The van der Waals surface area contributed by atoms with Gasteiger partial charge in [-0.05, 0) is 17.9 Å². The highest BCUT2D eigenvalue weighted by Gasteiger charge is 2.33. The quantitative estimate of drug-likeness (QED) is 0.752. The molecule has 0 atom stereocenters. The summed E-state index contributed by atoms with van der Waals surface area (Å²) < 4.78 is 2.23. The molecule has 0 spiro atoms. The standard InChI is InChI=1S/C18H18NS/c1-19(2)17-14-11-7-8-12-15(14)18(20-3)16(17)13-9-5-4-6-10-13/h4-12H,1-3H3/q+1. The van der Waals surface area contributed by atoms with Crippen LogP contribution in [0.4, 0.5) is 0 Å². The minimum atomic E-state index is 1.29. The maximum absolute atomic E-state index is 2.23. The van der Waals surface area contributed by atoms with Crippen molar-refractivity contribution >= 4 is 28.0 Å². The first-order valence-electron chi connectivity index (χ1n) is 6.72. The van der Waals surface area contributed by atoms with Gasteiger partial charge < -0.3 is 0 Å². The lowest BCUT2D eigenvalue weighted by atomic mass is 10.0. The zero-order chi connectivity index (χ0) is 14.1. The van der Waals surface area contributed by atoms with E-state index in [1.807, 2.05) is 11.8 Å². The third-order valence-electron chi connectivity index (χ3n) is 3.60. The van der Waals surface area contributed by atoms with Crippen molar-refractivity contribution in [3.05, 3.63) is 71.3 Å². The average molecular weight is 280 g/mol. The molecule has 0 saturated heterocycles. The van der Waals surface area contributed by atoms with Crippen LogP contribution < -0.4 is 0 Å². The summed E-state index contributed by atoms with van der Waals surface area (Å²) in [5.74, 6) is 0. The van der Waals surface area contributed by atoms with Crippen molar-refractivity contribution in [2.75, 3.05) is 20.4 Å². The molecular weight excluding hydrogens is 262 g/mol. The normalized spacial score (nSPS) is 13.7. The largest absolute Gasteiger partial charge is 0.234 e. The molecule has 0 fully saturated rings. The Balaban J connectivity index is 2.34. The zero-order valence-electron chi connectivity index (χ0n) is 12.1. The summed E-state index contributed by atoms with van der Waals surface area (Å²) in [5.41, 5.74) is 6.64. The van der Waals surface area contributed by atoms with Gasteiger partial charge in [0.2, 0.25) is 5.71 Å². The van der Waals surface area contributed by atoms with E-state index in [-0.39, 0.29) is 0 Å². The Morgan fingerprint density at radius 3 is 2.00 bits per heavy atom. The van der Waals surface area contributed by atoms with Gasteiger partial charge in [-0.15, -0.1) is 11.8 Å². The van der Waals surface area contributed by atoms with Gasteiger partial charge in [0.25, 0.3) is 0 Å². The van der Waals surface area contributed by atoms with Crippen molar-refractivity contribution in [3.8, 4) is 0 Å². The Bertz CT molecular complexity index is 707. The summed E-state index contributed by atoms with van der Waals surface area (Å²) in [6.45, 7) is 0. The van der Waals surface area contributed by atoms with E-state index in [0.717, 1.165) is 0 Å². The molecule has 1 aliphatic rings. The van der Waals surface area contributed by atoms with Crippen molar-refractivity contribution in [3.63, 3.8) is 0 Å². The smallest absolute Gasteiger partial charge is 0.216 e. The molecule has 2 aromatic rings. The van der Waals surface area contributed by atoms with Crippen molar-refractivity contribution in [2.24, 2.45) is 0 Å². The predicted molar refractivity (Wildman–Crippen MR) is 89.4 cm³/mol. The summed E-state index contributed by atoms with van der Waals surface area (Å²) in [6, 6.07) is 19.4. The van der Waals surface area contributed by atoms with Gasteiger partial charge >= 0.3 is 0 Å². The molecule has 0 aliphatic heterocycles. The van der Waals surface area contributed by atoms with Crippen molar-refractivity contribution in [2.45, 2.75) is 0 Å². The fraction of sp³-hybridized carbons (Fsp3) is 0.167. The van der Waals surface area contributed by atoms with Crippen molar-refractivity contribution in [1.29, 1.82) is 0 Å². The van der Waals surface area contributed by atoms with E-state index in [4.69, 9.17) is 0 Å². The fourth-order valence-corrected chi connectivity index (χ4v) is 3.63. The van der Waals surface area contributed by atoms with Crippen LogP contribution in [0.5, 0.6) is 0 Å². The van der Waals surface area contributed by atoms with Gasteiger partial charge in [0.1, 0.15) is 14.1 Å². The van der Waals surface area contributed by atoms with Crippen LogP contribution in [0.25, 0.3) is 10.5 Å². The van der Waals surface area contributed by atoms with Crippen LogP contribution >= 0.6 is 11.8 Å². The SMILES string of the molecule is CSC1=C(c2ccccc2)C(=[N+](C)C)c2ccccc21. The first-order valence-corrected chi connectivity index (χ1v) is 7.94. The van der Waals surface area contributed by atoms with E-state index in [1.54, 1.807) is 0 Å². The summed E-state index contributed by atoms with van der Waals surface area (Å²) in [5, 5.41) is 0. The molecule has 0 unspecified atom stereocenters. The molecule has 0 heterocycles. The number of allylic oxidation sites excluding steroid dienone is 1. The van der Waals surface area contributed by atoms with Crippen molar-refractivity contribution in [1.82, 2.24) is 0 Å². The molecule has 20 heavy (non-hydrogen) atoms. The lowest BCUT2D eigenvalue weighted by Gasteiger charge is -2.05. The number of benzene rings is 2. The number of rotatable bonds is 2. The van der Waals surface area contributed by atoms with Gasteiger partial charge in [-0.2, -0.15) is 0 Å². The highest BCUT2D eigenvalue weighted by Crippen LogP contribution is 2.43. The van der Waals surface area contributed by atoms with Gasteiger partial charge in [-0.1, -0.05) is 48.5 Å². The minimum absolute atomic E-state index is 1.29. The second-order valence-corrected chi connectivity index (χ2v) is 5.88. The maximum Gasteiger partial charge on any atom is 0.216 e. The predicted octanol–water partition coefficient (Wildman–Crippen LogP) is 3.99. The van der Waals surface area contributed by atoms with Gasteiger partial charge in [0.15, 0.2) is 0 Å². The summed E-state index contributed by atoms with van der Waals surface area (Å²) in [4.78, 5) is 1.37. The van der Waals surface area contributed by atoms with Gasteiger partial charge in [-0.3, -0.25) is 0 Å². The molecule has 100 valence electrons. The third-order valence-corrected chi connectivity index (χ3v) is 4.44. The first-order chi connectivity index (χ1) is 9.74. The summed E-state index contributed by atoms with van der Waals surface area (Å²) in [7, 11) is 4.25. The lowest BCUT2D eigenvalue weighted by Crippen LogP contribution is -2.14. The monoisotopic (exact) mass is 280 g/mol. The topological polar surface area (TPSA) is 3.01 Å². The van der Waals surface area contributed by atoms with Crippen LogP contribution in [0.2, 0.25) is 0 Å². The zero-order valence-corrected chi connectivity index (χ0v) is 12.9. The second kappa shape index (κ2) is 5.29. The lowest BCUT2D eigenvalue weighted by molar-refractivity contribution is -0.462. The second-order valence-electron chi connectivity index (χ2n) is 5.06. The van der Waals surface area contributed by atoms with Gasteiger partial charge in [0.05, 0.1) is 11.1 Å². The Labute approximate surface area is 124 Å². The number of fused-ring (bicyclic) bond motifs is 1. The first kappa shape index (κ1) is 13.2. The maximum atomic E-state index is 2.23. The number of nitrogens with zero attached hydrogens (tertiary/aromatic N) is 1. The highest BCUT2D eigenvalue weighted by atomic mass is 32.2. The van der Waals surface area contributed by atoms with Gasteiger partial charge in [-0.25, -0.2) is 4.58 Å². The molecule has 0 radical (unpaired) electrons. The van der Waals surface area contributed by atoms with Crippen LogP contribution in [0, 0.1) is 0 Å². The molecule has 0 saturated carbocycles. The van der Waals surface area contributed by atoms with Crippen molar-refractivity contribution < 1.29 is 4.58 Å². The summed E-state index contributed by atoms with van der Waals surface area (Å²) in [6.07, 6.45) is 2.16. The minimum Gasteiger partial charge on any atom is -0.234 e. The molecule has 1 aliphatic carbocycles. The van der Waals surface area contributed by atoms with Crippen LogP contribution in [-0.4, -0.2) is 30.6 Å². The van der Waals surface area contributed by atoms with E-state index in [9.17, 15) is 0 Å². The molecule has 0 N–H and O–H groups in total. The molecule has 0 aromatic heterocycles. The van der Waals surface area contributed by atoms with Gasteiger partial charge in [0, 0.05) is 10.5 Å². The molecular formula is C18H18NS+. The Hall–Kier alpha value is -1.80. The molecule has 2 heteroatoms. The van der Waals surface area contributed by atoms with Crippen LogP contribution in [-0.2, 0) is 0 Å². The van der Waals surface area contributed by atoms with Crippen LogP contribution in [0.3, 0.4) is 0 Å². The van der Waals surface area contributed by atoms with E-state index in [0.29, 0.717) is 0 Å². The van der Waals surface area contributed by atoms with Crippen LogP contribution in [0.1, 0.15) is 16.7 Å².